The number of hydrogen-bond acceptors (Lipinski definition) is 3. The molecule has 0 bridgehead atoms. The maximum absolute atomic E-state index is 6.10. The van der Waals surface area contributed by atoms with Gasteiger partial charge in [0.25, 0.3) is 0 Å². The summed E-state index contributed by atoms with van der Waals surface area (Å²) in [4.78, 5) is 4.21. The van der Waals surface area contributed by atoms with Crippen LogP contribution in [0.5, 0.6) is 11.5 Å². The van der Waals surface area contributed by atoms with Crippen LogP contribution in [-0.2, 0) is 11.3 Å². The highest BCUT2D eigenvalue weighted by atomic mass is 127. The molecular formula is C29H27IO3S. The van der Waals surface area contributed by atoms with E-state index in [1.807, 2.05) is 26.0 Å². The standard InChI is InChI=1S/C29H27IO3S/c1-3-31-20(2)33-27-17-12-21(18-26(27)30)19-32-22-13-15-23(16-14-22)34-28-10-6-4-8-24(28)25-9-5-7-11-29(25)34/h4-18,20,34H,3,19H2,1-2H3. The minimum Gasteiger partial charge on any atom is -0.489 e. The van der Waals surface area contributed by atoms with E-state index in [2.05, 4.69) is 101 Å². The van der Waals surface area contributed by atoms with Crippen molar-refractivity contribution in [2.45, 2.75) is 41.4 Å². The summed E-state index contributed by atoms with van der Waals surface area (Å²) in [5.74, 6) is 1.70. The highest BCUT2D eigenvalue weighted by Gasteiger charge is 2.26. The van der Waals surface area contributed by atoms with Gasteiger partial charge in [-0.3, -0.25) is 0 Å². The lowest BCUT2D eigenvalue weighted by atomic mass is 10.1. The molecule has 0 saturated carbocycles. The van der Waals surface area contributed by atoms with E-state index in [1.165, 1.54) is 25.8 Å². The van der Waals surface area contributed by atoms with E-state index < -0.39 is 10.9 Å². The number of benzene rings is 4. The maximum Gasteiger partial charge on any atom is 0.197 e. The molecule has 0 spiro atoms. The number of fused-ring (bicyclic) bond motifs is 3. The second kappa shape index (κ2) is 10.4. The number of ether oxygens (including phenoxy) is 3. The molecular weight excluding hydrogens is 555 g/mol. The predicted octanol–water partition coefficient (Wildman–Crippen LogP) is 8.09. The van der Waals surface area contributed by atoms with Gasteiger partial charge in [0.15, 0.2) is 6.29 Å². The van der Waals surface area contributed by atoms with Crippen LogP contribution in [0.2, 0.25) is 0 Å². The van der Waals surface area contributed by atoms with Gasteiger partial charge in [0, 0.05) is 16.4 Å². The zero-order valence-electron chi connectivity index (χ0n) is 19.2. The molecule has 1 atom stereocenters. The minimum absolute atomic E-state index is 0.264. The minimum atomic E-state index is -0.536. The van der Waals surface area contributed by atoms with Gasteiger partial charge >= 0.3 is 0 Å². The Balaban J connectivity index is 1.28. The fourth-order valence-electron chi connectivity index (χ4n) is 4.24. The molecule has 34 heavy (non-hydrogen) atoms. The van der Waals surface area contributed by atoms with Crippen LogP contribution in [0.1, 0.15) is 19.4 Å². The molecule has 174 valence electrons. The van der Waals surface area contributed by atoms with Gasteiger partial charge in [0.2, 0.25) is 0 Å². The first-order valence-corrected chi connectivity index (χ1v) is 13.8. The van der Waals surface area contributed by atoms with Crippen LogP contribution in [0.25, 0.3) is 11.1 Å². The number of rotatable bonds is 8. The van der Waals surface area contributed by atoms with Gasteiger partial charge in [0.1, 0.15) is 18.1 Å². The molecule has 0 aromatic heterocycles. The van der Waals surface area contributed by atoms with Crippen molar-refractivity contribution in [3.8, 4) is 22.6 Å². The molecule has 0 aliphatic carbocycles. The first kappa shape index (κ1) is 23.3. The van der Waals surface area contributed by atoms with E-state index in [1.54, 1.807) is 0 Å². The molecule has 0 saturated heterocycles. The number of hydrogen-bond donors (Lipinski definition) is 1. The fraction of sp³-hybridized carbons (Fsp3) is 0.172. The van der Waals surface area contributed by atoms with Crippen LogP contribution < -0.4 is 9.47 Å². The molecule has 1 unspecified atom stereocenters. The fourth-order valence-corrected chi connectivity index (χ4v) is 7.55. The second-order valence-corrected chi connectivity index (χ2v) is 11.4. The lowest BCUT2D eigenvalue weighted by Gasteiger charge is -2.19. The molecule has 3 nitrogen and oxygen atoms in total. The van der Waals surface area contributed by atoms with Gasteiger partial charge in [-0.2, -0.15) is 10.9 Å². The summed E-state index contributed by atoms with van der Waals surface area (Å²) in [6, 6.07) is 32.3. The molecule has 0 fully saturated rings. The van der Waals surface area contributed by atoms with Gasteiger partial charge in [-0.25, -0.2) is 0 Å². The zero-order chi connectivity index (χ0) is 23.5. The first-order valence-electron chi connectivity index (χ1n) is 11.4. The molecule has 1 aliphatic rings. The average Bonchev–Trinajstić information content (AvgIpc) is 3.19. The molecule has 4 aromatic carbocycles. The Hall–Kier alpha value is -2.48. The van der Waals surface area contributed by atoms with Crippen molar-refractivity contribution in [1.29, 1.82) is 0 Å². The molecule has 5 rings (SSSR count). The monoisotopic (exact) mass is 582 g/mol. The summed E-state index contributed by atoms with van der Waals surface area (Å²) in [6.45, 7) is 5.01. The summed E-state index contributed by atoms with van der Waals surface area (Å²) < 4.78 is 18.5. The number of thiol groups is 1. The Morgan fingerprint density at radius 2 is 1.47 bits per heavy atom. The van der Waals surface area contributed by atoms with E-state index >= 15 is 0 Å². The number of halogens is 1. The van der Waals surface area contributed by atoms with Crippen molar-refractivity contribution in [2.75, 3.05) is 6.61 Å². The third-order valence-corrected chi connectivity index (χ3v) is 9.17. The summed E-state index contributed by atoms with van der Waals surface area (Å²) >= 11 is 2.29. The average molecular weight is 583 g/mol. The summed E-state index contributed by atoms with van der Waals surface area (Å²) in [7, 11) is -0.536. The molecule has 5 heteroatoms. The SMILES string of the molecule is CCOC(C)Oc1ccc(COc2ccc([SH]3c4ccccc4-c4ccccc43)cc2)cc1I. The van der Waals surface area contributed by atoms with Crippen molar-refractivity contribution in [2.24, 2.45) is 0 Å². The molecule has 1 aliphatic heterocycles. The smallest absolute Gasteiger partial charge is 0.197 e. The van der Waals surface area contributed by atoms with Crippen molar-refractivity contribution >= 4 is 33.5 Å². The normalized spacial score (nSPS) is 13.8. The molecule has 4 aromatic rings. The van der Waals surface area contributed by atoms with E-state index in [4.69, 9.17) is 14.2 Å². The van der Waals surface area contributed by atoms with Crippen LogP contribution in [-0.4, -0.2) is 12.9 Å². The molecule has 1 heterocycles. The molecule has 0 N–H and O–H groups in total. The third-order valence-electron chi connectivity index (χ3n) is 5.77. The van der Waals surface area contributed by atoms with Gasteiger partial charge in [-0.05, 0) is 107 Å². The van der Waals surface area contributed by atoms with E-state index in [0.29, 0.717) is 13.2 Å². The third kappa shape index (κ3) is 4.83. The predicted molar refractivity (Wildman–Crippen MR) is 147 cm³/mol. The van der Waals surface area contributed by atoms with E-state index in [0.717, 1.165) is 20.6 Å². The Bertz CT molecular complexity index is 1240. The maximum atomic E-state index is 6.10. The van der Waals surface area contributed by atoms with Crippen LogP contribution in [0, 0.1) is 3.57 Å². The Kier molecular flexibility index (Phi) is 7.13. The van der Waals surface area contributed by atoms with Crippen molar-refractivity contribution in [3.05, 3.63) is 100 Å². The Morgan fingerprint density at radius 3 is 2.09 bits per heavy atom. The van der Waals surface area contributed by atoms with Crippen molar-refractivity contribution in [3.63, 3.8) is 0 Å². The van der Waals surface area contributed by atoms with Crippen LogP contribution in [0.4, 0.5) is 0 Å². The van der Waals surface area contributed by atoms with Gasteiger partial charge in [0.05, 0.1) is 3.57 Å². The summed E-state index contributed by atoms with van der Waals surface area (Å²) in [5.41, 5.74) is 3.83. The van der Waals surface area contributed by atoms with Gasteiger partial charge in [-0.15, -0.1) is 0 Å². The Labute approximate surface area is 217 Å². The van der Waals surface area contributed by atoms with Crippen LogP contribution in [0.15, 0.2) is 106 Å². The zero-order valence-corrected chi connectivity index (χ0v) is 22.3. The quantitative estimate of drug-likeness (QED) is 0.114. The first-order chi connectivity index (χ1) is 16.6. The van der Waals surface area contributed by atoms with Gasteiger partial charge in [-0.1, -0.05) is 42.5 Å². The topological polar surface area (TPSA) is 27.7 Å². The van der Waals surface area contributed by atoms with E-state index in [-0.39, 0.29) is 6.29 Å². The molecule has 0 radical (unpaired) electrons. The lowest BCUT2D eigenvalue weighted by Crippen LogP contribution is -2.16. The highest BCUT2D eigenvalue weighted by molar-refractivity contribution is 14.1. The lowest BCUT2D eigenvalue weighted by molar-refractivity contribution is -0.0617. The summed E-state index contributed by atoms with van der Waals surface area (Å²) in [6.07, 6.45) is -0.264. The van der Waals surface area contributed by atoms with Crippen molar-refractivity contribution < 1.29 is 14.2 Å². The highest BCUT2D eigenvalue weighted by Crippen LogP contribution is 2.62. The summed E-state index contributed by atoms with van der Waals surface area (Å²) in [5, 5.41) is 0. The van der Waals surface area contributed by atoms with E-state index in [9.17, 15) is 0 Å². The van der Waals surface area contributed by atoms with Crippen LogP contribution >= 0.6 is 33.5 Å². The van der Waals surface area contributed by atoms with Crippen molar-refractivity contribution in [1.82, 2.24) is 0 Å². The largest absolute Gasteiger partial charge is 0.489 e. The molecule has 0 amide bonds. The Morgan fingerprint density at radius 1 is 0.824 bits per heavy atom. The van der Waals surface area contributed by atoms with Crippen LogP contribution in [0.3, 0.4) is 0 Å². The van der Waals surface area contributed by atoms with Gasteiger partial charge < -0.3 is 14.2 Å². The second-order valence-electron chi connectivity index (χ2n) is 8.06.